The molecule has 2 nitrogen and oxygen atoms in total. The molecular weight excluding hydrogens is 290 g/mol. The van der Waals surface area contributed by atoms with E-state index in [1.54, 1.807) is 11.8 Å². The third-order valence-electron chi connectivity index (χ3n) is 3.58. The largest absolute Gasteiger partial charge is 0.326 e. The van der Waals surface area contributed by atoms with Crippen LogP contribution >= 0.6 is 11.8 Å². The summed E-state index contributed by atoms with van der Waals surface area (Å²) in [6.07, 6.45) is 2.40. The molecule has 0 unspecified atom stereocenters. The lowest BCUT2D eigenvalue weighted by Gasteiger charge is -2.08. The summed E-state index contributed by atoms with van der Waals surface area (Å²) in [5.74, 6) is 0.00889. The van der Waals surface area contributed by atoms with Crippen molar-refractivity contribution in [2.45, 2.75) is 11.3 Å². The van der Waals surface area contributed by atoms with Gasteiger partial charge in [0.2, 0.25) is 5.91 Å². The standard InChI is InChI=1S/C19H17NOS/c1-22-17-10-5-9-16(13-17)20-19(21)12-15-8-4-7-14-6-2-3-11-18(14)15/h2-11,13H,12H2,1H3,(H,20,21). The van der Waals surface area contributed by atoms with Crippen LogP contribution in [0.25, 0.3) is 10.8 Å². The van der Waals surface area contributed by atoms with E-state index in [1.165, 1.54) is 0 Å². The number of amides is 1. The minimum atomic E-state index is 0.00889. The van der Waals surface area contributed by atoms with E-state index in [1.807, 2.05) is 54.8 Å². The first-order chi connectivity index (χ1) is 10.8. The number of nitrogens with one attached hydrogen (secondary N) is 1. The van der Waals surface area contributed by atoms with Crippen LogP contribution in [0.5, 0.6) is 0 Å². The van der Waals surface area contributed by atoms with E-state index in [9.17, 15) is 4.79 Å². The summed E-state index contributed by atoms with van der Waals surface area (Å²) in [7, 11) is 0. The Bertz CT molecular complexity index is 808. The highest BCUT2D eigenvalue weighted by atomic mass is 32.2. The van der Waals surface area contributed by atoms with Crippen molar-refractivity contribution in [3.63, 3.8) is 0 Å². The minimum Gasteiger partial charge on any atom is -0.326 e. The van der Waals surface area contributed by atoms with Gasteiger partial charge < -0.3 is 5.32 Å². The van der Waals surface area contributed by atoms with E-state index in [-0.39, 0.29) is 5.91 Å². The Morgan fingerprint density at radius 2 is 1.77 bits per heavy atom. The van der Waals surface area contributed by atoms with E-state index in [0.717, 1.165) is 26.9 Å². The predicted octanol–water partition coefficient (Wildman–Crippen LogP) is 4.74. The number of thioether (sulfide) groups is 1. The van der Waals surface area contributed by atoms with Gasteiger partial charge in [0.25, 0.3) is 0 Å². The molecule has 0 aliphatic rings. The fourth-order valence-corrected chi connectivity index (χ4v) is 2.99. The SMILES string of the molecule is CSc1cccc(NC(=O)Cc2cccc3ccccc23)c1. The van der Waals surface area contributed by atoms with Crippen LogP contribution in [-0.4, -0.2) is 12.2 Å². The number of hydrogen-bond acceptors (Lipinski definition) is 2. The number of rotatable bonds is 4. The normalized spacial score (nSPS) is 10.6. The molecule has 0 saturated heterocycles. The minimum absolute atomic E-state index is 0.00889. The van der Waals surface area contributed by atoms with Crippen molar-refractivity contribution in [3.05, 3.63) is 72.3 Å². The van der Waals surface area contributed by atoms with Crippen LogP contribution in [-0.2, 0) is 11.2 Å². The molecule has 1 N–H and O–H groups in total. The summed E-state index contributed by atoms with van der Waals surface area (Å²) in [6.45, 7) is 0. The van der Waals surface area contributed by atoms with Crippen molar-refractivity contribution in [1.29, 1.82) is 0 Å². The maximum absolute atomic E-state index is 12.3. The van der Waals surface area contributed by atoms with Gasteiger partial charge in [-0.2, -0.15) is 0 Å². The fourth-order valence-electron chi connectivity index (χ4n) is 2.53. The Morgan fingerprint density at radius 1 is 1.00 bits per heavy atom. The zero-order chi connectivity index (χ0) is 15.4. The molecule has 0 heterocycles. The van der Waals surface area contributed by atoms with Gasteiger partial charge in [-0.3, -0.25) is 4.79 Å². The van der Waals surface area contributed by atoms with Crippen molar-refractivity contribution in [3.8, 4) is 0 Å². The Hall–Kier alpha value is -2.26. The first-order valence-corrected chi connectivity index (χ1v) is 8.39. The van der Waals surface area contributed by atoms with Crippen LogP contribution in [0.3, 0.4) is 0 Å². The topological polar surface area (TPSA) is 29.1 Å². The molecule has 3 aromatic carbocycles. The second-order valence-corrected chi connectivity index (χ2v) is 5.97. The lowest BCUT2D eigenvalue weighted by Crippen LogP contribution is -2.14. The quantitative estimate of drug-likeness (QED) is 0.705. The summed E-state index contributed by atoms with van der Waals surface area (Å²) < 4.78 is 0. The molecule has 0 bridgehead atoms. The molecule has 0 aliphatic heterocycles. The van der Waals surface area contributed by atoms with Crippen molar-refractivity contribution < 1.29 is 4.79 Å². The number of fused-ring (bicyclic) bond motifs is 1. The van der Waals surface area contributed by atoms with Crippen LogP contribution in [0, 0.1) is 0 Å². The van der Waals surface area contributed by atoms with Gasteiger partial charge >= 0.3 is 0 Å². The number of anilines is 1. The number of hydrogen-bond donors (Lipinski definition) is 1. The summed E-state index contributed by atoms with van der Waals surface area (Å²) in [5, 5.41) is 5.28. The molecular formula is C19H17NOS. The smallest absolute Gasteiger partial charge is 0.228 e. The Labute approximate surface area is 134 Å². The van der Waals surface area contributed by atoms with E-state index < -0.39 is 0 Å². The van der Waals surface area contributed by atoms with E-state index in [2.05, 4.69) is 23.5 Å². The van der Waals surface area contributed by atoms with Gasteiger partial charge in [-0.1, -0.05) is 48.5 Å². The molecule has 0 saturated carbocycles. The van der Waals surface area contributed by atoms with Gasteiger partial charge in [-0.15, -0.1) is 11.8 Å². The molecule has 0 fully saturated rings. The lowest BCUT2D eigenvalue weighted by molar-refractivity contribution is -0.115. The molecule has 3 aromatic rings. The van der Waals surface area contributed by atoms with E-state index in [4.69, 9.17) is 0 Å². The second kappa shape index (κ2) is 6.67. The van der Waals surface area contributed by atoms with Crippen LogP contribution < -0.4 is 5.32 Å². The zero-order valence-corrected chi connectivity index (χ0v) is 13.2. The Morgan fingerprint density at radius 3 is 2.64 bits per heavy atom. The third kappa shape index (κ3) is 3.31. The molecule has 3 heteroatoms. The highest BCUT2D eigenvalue weighted by Crippen LogP contribution is 2.21. The van der Waals surface area contributed by atoms with Gasteiger partial charge in [-0.05, 0) is 40.8 Å². The van der Waals surface area contributed by atoms with E-state index >= 15 is 0 Å². The van der Waals surface area contributed by atoms with Gasteiger partial charge in [-0.25, -0.2) is 0 Å². The summed E-state index contributed by atoms with van der Waals surface area (Å²) in [5.41, 5.74) is 1.90. The molecule has 0 radical (unpaired) electrons. The molecule has 0 aliphatic carbocycles. The van der Waals surface area contributed by atoms with Crippen LogP contribution in [0.2, 0.25) is 0 Å². The highest BCUT2D eigenvalue weighted by molar-refractivity contribution is 7.98. The molecule has 0 aromatic heterocycles. The zero-order valence-electron chi connectivity index (χ0n) is 12.4. The first kappa shape index (κ1) is 14.7. The number of benzene rings is 3. The maximum Gasteiger partial charge on any atom is 0.228 e. The second-order valence-electron chi connectivity index (χ2n) is 5.10. The van der Waals surface area contributed by atoms with Crippen LogP contribution in [0.1, 0.15) is 5.56 Å². The van der Waals surface area contributed by atoms with Crippen molar-refractivity contribution in [2.24, 2.45) is 0 Å². The molecule has 0 atom stereocenters. The fraction of sp³-hybridized carbons (Fsp3) is 0.105. The summed E-state index contributed by atoms with van der Waals surface area (Å²) >= 11 is 1.66. The lowest BCUT2D eigenvalue weighted by atomic mass is 10.0. The Kier molecular flexibility index (Phi) is 4.45. The number of carbonyl (C=O) groups is 1. The average molecular weight is 307 g/mol. The molecule has 1 amide bonds. The maximum atomic E-state index is 12.3. The first-order valence-electron chi connectivity index (χ1n) is 7.17. The van der Waals surface area contributed by atoms with Gasteiger partial charge in [0, 0.05) is 10.6 Å². The van der Waals surface area contributed by atoms with Crippen molar-refractivity contribution >= 4 is 34.1 Å². The third-order valence-corrected chi connectivity index (χ3v) is 4.31. The van der Waals surface area contributed by atoms with Gasteiger partial charge in [0.1, 0.15) is 0 Å². The summed E-state index contributed by atoms with van der Waals surface area (Å²) in [4.78, 5) is 13.4. The molecule has 110 valence electrons. The highest BCUT2D eigenvalue weighted by Gasteiger charge is 2.07. The monoisotopic (exact) mass is 307 g/mol. The molecule has 3 rings (SSSR count). The van der Waals surface area contributed by atoms with Crippen LogP contribution in [0.4, 0.5) is 5.69 Å². The predicted molar refractivity (Wildman–Crippen MR) is 94.5 cm³/mol. The summed E-state index contributed by atoms with van der Waals surface area (Å²) in [6, 6.07) is 22.1. The van der Waals surface area contributed by atoms with Crippen molar-refractivity contribution in [2.75, 3.05) is 11.6 Å². The number of carbonyl (C=O) groups excluding carboxylic acids is 1. The van der Waals surface area contributed by atoms with Gasteiger partial charge in [0.05, 0.1) is 6.42 Å². The molecule has 22 heavy (non-hydrogen) atoms. The van der Waals surface area contributed by atoms with E-state index in [0.29, 0.717) is 6.42 Å². The van der Waals surface area contributed by atoms with Gasteiger partial charge in [0.15, 0.2) is 0 Å². The van der Waals surface area contributed by atoms with Crippen LogP contribution in [0.15, 0.2) is 71.6 Å². The Balaban J connectivity index is 1.78. The van der Waals surface area contributed by atoms with Crippen molar-refractivity contribution in [1.82, 2.24) is 0 Å². The average Bonchev–Trinajstić information content (AvgIpc) is 2.55. The molecule has 0 spiro atoms.